The molecule has 0 bridgehead atoms. The standard InChI is InChI=1S/C19H21NO6S2/c1-3-11(2)16(18(24)25)20-17(23)14(28-19(20)27)10-12-4-6-13(7-5-12)26-9-8-15(21)22/h4-7,10-11,16H,3,8-9H2,1-2H3,(H,21,22)(H,24,25)/b14-10-. The number of ether oxygens (including phenoxy) is 1. The van der Waals surface area contributed by atoms with E-state index in [2.05, 4.69) is 0 Å². The van der Waals surface area contributed by atoms with Crippen molar-refractivity contribution >= 4 is 52.2 Å². The molecule has 0 aliphatic carbocycles. The van der Waals surface area contributed by atoms with Crippen LogP contribution in [0.25, 0.3) is 6.08 Å². The molecule has 2 rings (SSSR count). The Balaban J connectivity index is 2.14. The van der Waals surface area contributed by atoms with Gasteiger partial charge in [-0.05, 0) is 29.7 Å². The summed E-state index contributed by atoms with van der Waals surface area (Å²) in [6.45, 7) is 3.72. The number of carboxylic acid groups (broad SMARTS) is 2. The van der Waals surface area contributed by atoms with Crippen LogP contribution in [0.15, 0.2) is 29.2 Å². The number of rotatable bonds is 9. The lowest BCUT2D eigenvalue weighted by atomic mass is 9.98. The summed E-state index contributed by atoms with van der Waals surface area (Å²) in [4.78, 5) is 36.5. The van der Waals surface area contributed by atoms with Gasteiger partial charge >= 0.3 is 11.9 Å². The second-order valence-electron chi connectivity index (χ2n) is 6.28. The van der Waals surface area contributed by atoms with Crippen LogP contribution in [-0.4, -0.2) is 49.9 Å². The molecule has 1 fully saturated rings. The highest BCUT2D eigenvalue weighted by Crippen LogP contribution is 2.36. The minimum Gasteiger partial charge on any atom is -0.493 e. The molecule has 1 heterocycles. The van der Waals surface area contributed by atoms with Gasteiger partial charge in [-0.15, -0.1) is 0 Å². The van der Waals surface area contributed by atoms with Crippen molar-refractivity contribution in [2.75, 3.05) is 6.61 Å². The monoisotopic (exact) mass is 423 g/mol. The van der Waals surface area contributed by atoms with E-state index in [4.69, 9.17) is 22.1 Å². The molecular weight excluding hydrogens is 402 g/mol. The quantitative estimate of drug-likeness (QED) is 0.461. The highest BCUT2D eigenvalue weighted by atomic mass is 32.2. The highest BCUT2D eigenvalue weighted by molar-refractivity contribution is 8.26. The Bertz CT molecular complexity index is 805. The van der Waals surface area contributed by atoms with Crippen LogP contribution in [0.1, 0.15) is 32.3 Å². The minimum atomic E-state index is -1.07. The van der Waals surface area contributed by atoms with Gasteiger partial charge in [-0.1, -0.05) is 56.4 Å². The number of thiocarbonyl (C=S) groups is 1. The Morgan fingerprint density at radius 1 is 1.29 bits per heavy atom. The predicted octanol–water partition coefficient (Wildman–Crippen LogP) is 3.24. The van der Waals surface area contributed by atoms with Crippen molar-refractivity contribution in [3.05, 3.63) is 34.7 Å². The van der Waals surface area contributed by atoms with Gasteiger partial charge in [-0.25, -0.2) is 4.79 Å². The number of hydrogen-bond acceptors (Lipinski definition) is 6. The Labute approximate surface area is 172 Å². The molecule has 1 aliphatic rings. The van der Waals surface area contributed by atoms with E-state index in [9.17, 15) is 19.5 Å². The van der Waals surface area contributed by atoms with E-state index < -0.39 is 23.9 Å². The summed E-state index contributed by atoms with van der Waals surface area (Å²) >= 11 is 6.34. The van der Waals surface area contributed by atoms with Crippen molar-refractivity contribution in [3.8, 4) is 5.75 Å². The van der Waals surface area contributed by atoms with Crippen LogP contribution in [0.5, 0.6) is 5.75 Å². The summed E-state index contributed by atoms with van der Waals surface area (Å²) in [6.07, 6.45) is 2.16. The number of thioether (sulfide) groups is 1. The molecule has 0 spiro atoms. The maximum atomic E-state index is 12.8. The summed E-state index contributed by atoms with van der Waals surface area (Å²) in [5, 5.41) is 18.2. The molecule has 2 unspecified atom stereocenters. The molecule has 1 aliphatic heterocycles. The fourth-order valence-electron chi connectivity index (χ4n) is 2.62. The summed E-state index contributed by atoms with van der Waals surface area (Å²) in [5.74, 6) is -2.13. The molecule has 0 saturated carbocycles. The molecule has 9 heteroatoms. The molecule has 0 radical (unpaired) electrons. The number of hydrogen-bond donors (Lipinski definition) is 2. The van der Waals surface area contributed by atoms with Crippen LogP contribution >= 0.6 is 24.0 Å². The lowest BCUT2D eigenvalue weighted by Crippen LogP contribution is -2.47. The number of aliphatic carboxylic acids is 2. The van der Waals surface area contributed by atoms with Gasteiger partial charge in [0.15, 0.2) is 0 Å². The van der Waals surface area contributed by atoms with Crippen LogP contribution < -0.4 is 4.74 Å². The molecular formula is C19H21NO6S2. The number of carboxylic acids is 2. The van der Waals surface area contributed by atoms with Gasteiger partial charge < -0.3 is 14.9 Å². The lowest BCUT2D eigenvalue weighted by Gasteiger charge is -2.27. The highest BCUT2D eigenvalue weighted by Gasteiger charge is 2.42. The zero-order chi connectivity index (χ0) is 20.8. The summed E-state index contributed by atoms with van der Waals surface area (Å²) in [5.41, 5.74) is 0.724. The minimum absolute atomic E-state index is 0.0690. The van der Waals surface area contributed by atoms with Gasteiger partial charge in [0.2, 0.25) is 0 Å². The third-order valence-electron chi connectivity index (χ3n) is 4.30. The zero-order valence-electron chi connectivity index (χ0n) is 15.5. The van der Waals surface area contributed by atoms with Crippen molar-refractivity contribution in [1.29, 1.82) is 0 Å². The van der Waals surface area contributed by atoms with E-state index in [0.717, 1.165) is 17.3 Å². The number of carbonyl (C=O) groups is 3. The Hall–Kier alpha value is -2.39. The number of carbonyl (C=O) groups excluding carboxylic acids is 1. The molecule has 150 valence electrons. The molecule has 7 nitrogen and oxygen atoms in total. The molecule has 1 amide bonds. The topological polar surface area (TPSA) is 104 Å². The van der Waals surface area contributed by atoms with Gasteiger partial charge in [0.05, 0.1) is 17.9 Å². The fourth-order valence-corrected chi connectivity index (χ4v) is 3.95. The normalized spacial score (nSPS) is 17.6. The first-order chi connectivity index (χ1) is 13.2. The van der Waals surface area contributed by atoms with E-state index >= 15 is 0 Å². The summed E-state index contributed by atoms with van der Waals surface area (Å²) in [6, 6.07) is 5.81. The van der Waals surface area contributed by atoms with Crippen LogP contribution in [0, 0.1) is 5.92 Å². The average molecular weight is 424 g/mol. The largest absolute Gasteiger partial charge is 0.493 e. The second-order valence-corrected chi connectivity index (χ2v) is 7.96. The molecule has 1 aromatic carbocycles. The van der Waals surface area contributed by atoms with Crippen molar-refractivity contribution in [2.45, 2.75) is 32.7 Å². The van der Waals surface area contributed by atoms with Gasteiger partial charge in [-0.2, -0.15) is 0 Å². The summed E-state index contributed by atoms with van der Waals surface area (Å²) in [7, 11) is 0. The smallest absolute Gasteiger partial charge is 0.327 e. The van der Waals surface area contributed by atoms with Gasteiger partial charge in [-0.3, -0.25) is 14.5 Å². The van der Waals surface area contributed by atoms with E-state index in [0.29, 0.717) is 17.1 Å². The molecule has 1 aromatic rings. The number of nitrogens with zero attached hydrogens (tertiary/aromatic N) is 1. The molecule has 2 N–H and O–H groups in total. The van der Waals surface area contributed by atoms with E-state index in [1.54, 1.807) is 37.3 Å². The van der Waals surface area contributed by atoms with Crippen LogP contribution in [0.3, 0.4) is 0 Å². The third kappa shape index (κ3) is 5.32. The molecule has 1 saturated heterocycles. The van der Waals surface area contributed by atoms with E-state index in [1.165, 1.54) is 4.90 Å². The van der Waals surface area contributed by atoms with Crippen molar-refractivity contribution in [3.63, 3.8) is 0 Å². The average Bonchev–Trinajstić information content (AvgIpc) is 2.90. The first-order valence-corrected chi connectivity index (χ1v) is 9.91. The summed E-state index contributed by atoms with van der Waals surface area (Å²) < 4.78 is 5.56. The van der Waals surface area contributed by atoms with E-state index in [1.807, 2.05) is 6.92 Å². The maximum absolute atomic E-state index is 12.8. The first-order valence-electron chi connectivity index (χ1n) is 8.69. The molecule has 2 atom stereocenters. The second kappa shape index (κ2) is 9.70. The van der Waals surface area contributed by atoms with Crippen LogP contribution in [-0.2, 0) is 14.4 Å². The Morgan fingerprint density at radius 2 is 1.93 bits per heavy atom. The molecule has 28 heavy (non-hydrogen) atoms. The Kier molecular flexibility index (Phi) is 7.59. The Morgan fingerprint density at radius 3 is 2.46 bits per heavy atom. The zero-order valence-corrected chi connectivity index (χ0v) is 17.1. The van der Waals surface area contributed by atoms with Crippen molar-refractivity contribution in [2.24, 2.45) is 5.92 Å². The van der Waals surface area contributed by atoms with Crippen molar-refractivity contribution < 1.29 is 29.3 Å². The fraction of sp³-hybridized carbons (Fsp3) is 0.368. The van der Waals surface area contributed by atoms with Crippen LogP contribution in [0.4, 0.5) is 0 Å². The number of amides is 1. The third-order valence-corrected chi connectivity index (χ3v) is 5.63. The SMILES string of the molecule is CCC(C)C(C(=O)O)N1C(=O)/C(=C/c2ccc(OCCC(=O)O)cc2)SC1=S. The van der Waals surface area contributed by atoms with E-state index in [-0.39, 0.29) is 23.3 Å². The van der Waals surface area contributed by atoms with Gasteiger partial charge in [0.1, 0.15) is 16.1 Å². The first kappa shape index (κ1) is 21.9. The lowest BCUT2D eigenvalue weighted by molar-refractivity contribution is -0.147. The molecule has 0 aromatic heterocycles. The van der Waals surface area contributed by atoms with Crippen molar-refractivity contribution in [1.82, 2.24) is 4.90 Å². The maximum Gasteiger partial charge on any atom is 0.327 e. The van der Waals surface area contributed by atoms with Crippen LogP contribution in [0.2, 0.25) is 0 Å². The van der Waals surface area contributed by atoms with Gasteiger partial charge in [0.25, 0.3) is 5.91 Å². The predicted molar refractivity (Wildman–Crippen MR) is 110 cm³/mol. The number of benzene rings is 1. The van der Waals surface area contributed by atoms with Gasteiger partial charge in [0, 0.05) is 0 Å².